The van der Waals surface area contributed by atoms with Crippen molar-refractivity contribution in [2.24, 2.45) is 0 Å². The fourth-order valence-electron chi connectivity index (χ4n) is 1.79. The zero-order valence-electron chi connectivity index (χ0n) is 11.8. The Balaban J connectivity index is 2.22. The van der Waals surface area contributed by atoms with E-state index in [9.17, 15) is 9.50 Å². The van der Waals surface area contributed by atoms with Crippen LogP contribution < -0.4 is 5.32 Å². The van der Waals surface area contributed by atoms with Crippen molar-refractivity contribution in [2.45, 2.75) is 38.5 Å². The number of terminal acetylenes is 1. The first-order valence-corrected chi connectivity index (χ1v) is 6.86. The van der Waals surface area contributed by atoms with Crippen LogP contribution >= 0.6 is 0 Å². The average molecular weight is 279 g/mol. The molecule has 4 heteroatoms. The van der Waals surface area contributed by atoms with Crippen LogP contribution in [0.25, 0.3) is 0 Å². The minimum absolute atomic E-state index is 0.0267. The molecule has 0 saturated heterocycles. The van der Waals surface area contributed by atoms with Gasteiger partial charge in [0.05, 0.1) is 25.4 Å². The summed E-state index contributed by atoms with van der Waals surface area (Å²) in [5.74, 6) is 2.34. The first-order valence-electron chi connectivity index (χ1n) is 6.86. The van der Waals surface area contributed by atoms with Crippen LogP contribution in [-0.4, -0.2) is 30.4 Å². The van der Waals surface area contributed by atoms with Gasteiger partial charge in [-0.15, -0.1) is 6.42 Å². The summed E-state index contributed by atoms with van der Waals surface area (Å²) in [5.41, 5.74) is 0.486. The Kier molecular flexibility index (Phi) is 7.89. The summed E-state index contributed by atoms with van der Waals surface area (Å²) in [6, 6.07) is 6.41. The van der Waals surface area contributed by atoms with E-state index >= 15 is 0 Å². The van der Waals surface area contributed by atoms with Gasteiger partial charge in [0.1, 0.15) is 5.82 Å². The highest BCUT2D eigenvalue weighted by molar-refractivity contribution is 5.16. The van der Waals surface area contributed by atoms with E-state index in [1.165, 1.54) is 6.07 Å². The number of hydrogen-bond donors (Lipinski definition) is 2. The van der Waals surface area contributed by atoms with Crippen LogP contribution in [0.3, 0.4) is 0 Å². The zero-order chi connectivity index (χ0) is 14.8. The van der Waals surface area contributed by atoms with Gasteiger partial charge >= 0.3 is 0 Å². The lowest BCUT2D eigenvalue weighted by Gasteiger charge is -2.16. The molecule has 0 amide bonds. The molecule has 0 aliphatic rings. The lowest BCUT2D eigenvalue weighted by molar-refractivity contribution is 0.0272. The standard InChI is InChI=1S/C16H22FNO2/c1-3-7-14(4-2)18-10-15(19)12-20-11-13-8-5-6-9-16(13)17/h2,5-6,8-9,14-15,18-19H,3,7,10-12H2,1H3. The predicted octanol–water partition coefficient (Wildman–Crippen LogP) is 2.09. The van der Waals surface area contributed by atoms with E-state index in [1.807, 2.05) is 0 Å². The van der Waals surface area contributed by atoms with Crippen molar-refractivity contribution in [1.29, 1.82) is 0 Å². The highest BCUT2D eigenvalue weighted by atomic mass is 19.1. The van der Waals surface area contributed by atoms with Crippen molar-refractivity contribution >= 4 is 0 Å². The van der Waals surface area contributed by atoms with Gasteiger partial charge in [-0.25, -0.2) is 4.39 Å². The Morgan fingerprint density at radius 1 is 1.45 bits per heavy atom. The normalized spacial score (nSPS) is 13.7. The van der Waals surface area contributed by atoms with Gasteiger partial charge in [0.2, 0.25) is 0 Å². The average Bonchev–Trinajstić information content (AvgIpc) is 2.45. The molecule has 0 fully saturated rings. The summed E-state index contributed by atoms with van der Waals surface area (Å²) in [6.07, 6.45) is 6.58. The molecule has 0 saturated carbocycles. The fourth-order valence-corrected chi connectivity index (χ4v) is 1.79. The van der Waals surface area contributed by atoms with Crippen molar-refractivity contribution < 1.29 is 14.2 Å². The largest absolute Gasteiger partial charge is 0.389 e. The van der Waals surface area contributed by atoms with E-state index < -0.39 is 6.10 Å². The summed E-state index contributed by atoms with van der Waals surface area (Å²) in [4.78, 5) is 0. The lowest BCUT2D eigenvalue weighted by atomic mass is 10.2. The molecule has 0 aromatic heterocycles. The van der Waals surface area contributed by atoms with Crippen molar-refractivity contribution in [3.63, 3.8) is 0 Å². The monoisotopic (exact) mass is 279 g/mol. The maximum atomic E-state index is 13.3. The number of rotatable bonds is 9. The molecule has 2 atom stereocenters. The van der Waals surface area contributed by atoms with E-state index in [0.29, 0.717) is 12.1 Å². The van der Waals surface area contributed by atoms with Crippen LogP contribution in [0.1, 0.15) is 25.3 Å². The molecule has 0 heterocycles. The van der Waals surface area contributed by atoms with Gasteiger partial charge in [0.15, 0.2) is 0 Å². The number of nitrogens with one attached hydrogen (secondary N) is 1. The van der Waals surface area contributed by atoms with Gasteiger partial charge < -0.3 is 15.2 Å². The number of ether oxygens (including phenoxy) is 1. The smallest absolute Gasteiger partial charge is 0.128 e. The molecule has 0 spiro atoms. The Hall–Kier alpha value is -1.41. The molecule has 110 valence electrons. The Labute approximate surface area is 120 Å². The van der Waals surface area contributed by atoms with E-state index in [1.54, 1.807) is 18.2 Å². The summed E-state index contributed by atoms with van der Waals surface area (Å²) >= 11 is 0. The SMILES string of the molecule is C#CC(CCC)NCC(O)COCc1ccccc1F. The Morgan fingerprint density at radius 3 is 2.85 bits per heavy atom. The number of aliphatic hydroxyl groups excluding tert-OH is 1. The van der Waals surface area contributed by atoms with Gasteiger partial charge in [-0.2, -0.15) is 0 Å². The molecule has 2 unspecified atom stereocenters. The van der Waals surface area contributed by atoms with Crippen molar-refractivity contribution in [2.75, 3.05) is 13.2 Å². The van der Waals surface area contributed by atoms with E-state index in [0.717, 1.165) is 12.8 Å². The number of aliphatic hydroxyl groups is 1. The van der Waals surface area contributed by atoms with Crippen LogP contribution in [0.5, 0.6) is 0 Å². The molecular weight excluding hydrogens is 257 g/mol. The second-order valence-corrected chi connectivity index (χ2v) is 4.68. The number of hydrogen-bond acceptors (Lipinski definition) is 3. The second kappa shape index (κ2) is 9.49. The van der Waals surface area contributed by atoms with Crippen LogP contribution in [-0.2, 0) is 11.3 Å². The molecule has 1 aromatic rings. The van der Waals surface area contributed by atoms with E-state index in [4.69, 9.17) is 11.2 Å². The Morgan fingerprint density at radius 2 is 2.20 bits per heavy atom. The van der Waals surface area contributed by atoms with Crippen LogP contribution in [0.4, 0.5) is 4.39 Å². The fraction of sp³-hybridized carbons (Fsp3) is 0.500. The first-order chi connectivity index (χ1) is 9.67. The molecule has 0 radical (unpaired) electrons. The molecule has 0 aliphatic carbocycles. The molecule has 20 heavy (non-hydrogen) atoms. The van der Waals surface area contributed by atoms with Crippen LogP contribution in [0, 0.1) is 18.2 Å². The molecular formula is C16H22FNO2. The van der Waals surface area contributed by atoms with E-state index in [2.05, 4.69) is 18.2 Å². The first kappa shape index (κ1) is 16.6. The second-order valence-electron chi connectivity index (χ2n) is 4.68. The van der Waals surface area contributed by atoms with Crippen LogP contribution in [0.15, 0.2) is 24.3 Å². The number of benzene rings is 1. The summed E-state index contributed by atoms with van der Waals surface area (Å²) in [7, 11) is 0. The third-order valence-corrected chi connectivity index (χ3v) is 2.90. The zero-order valence-corrected chi connectivity index (χ0v) is 11.8. The maximum absolute atomic E-state index is 13.3. The third-order valence-electron chi connectivity index (χ3n) is 2.90. The molecule has 1 aromatic carbocycles. The highest BCUT2D eigenvalue weighted by Crippen LogP contribution is 2.07. The minimum Gasteiger partial charge on any atom is -0.389 e. The van der Waals surface area contributed by atoms with Gasteiger partial charge in [0, 0.05) is 12.1 Å². The van der Waals surface area contributed by atoms with Gasteiger partial charge in [-0.1, -0.05) is 37.5 Å². The minimum atomic E-state index is -0.658. The highest BCUT2D eigenvalue weighted by Gasteiger charge is 2.09. The molecule has 3 nitrogen and oxygen atoms in total. The maximum Gasteiger partial charge on any atom is 0.128 e. The summed E-state index contributed by atoms with van der Waals surface area (Å²) in [6.45, 7) is 2.72. The summed E-state index contributed by atoms with van der Waals surface area (Å²) < 4.78 is 18.6. The Bertz CT molecular complexity index is 431. The van der Waals surface area contributed by atoms with Gasteiger partial charge in [-0.05, 0) is 12.5 Å². The quantitative estimate of drug-likeness (QED) is 0.680. The van der Waals surface area contributed by atoms with E-state index in [-0.39, 0.29) is 25.1 Å². The number of halogens is 1. The van der Waals surface area contributed by atoms with Crippen LogP contribution in [0.2, 0.25) is 0 Å². The molecule has 2 N–H and O–H groups in total. The lowest BCUT2D eigenvalue weighted by Crippen LogP contribution is -2.36. The molecule has 0 bridgehead atoms. The third kappa shape index (κ3) is 6.16. The van der Waals surface area contributed by atoms with Crippen molar-refractivity contribution in [1.82, 2.24) is 5.32 Å². The predicted molar refractivity (Wildman–Crippen MR) is 77.6 cm³/mol. The van der Waals surface area contributed by atoms with Crippen molar-refractivity contribution in [3.05, 3.63) is 35.6 Å². The topological polar surface area (TPSA) is 41.5 Å². The van der Waals surface area contributed by atoms with Crippen molar-refractivity contribution in [3.8, 4) is 12.3 Å². The van der Waals surface area contributed by atoms with Gasteiger partial charge in [0.25, 0.3) is 0 Å². The summed E-state index contributed by atoms with van der Waals surface area (Å²) in [5, 5.41) is 12.8. The molecule has 1 rings (SSSR count). The van der Waals surface area contributed by atoms with Gasteiger partial charge in [-0.3, -0.25) is 0 Å². The molecule has 0 aliphatic heterocycles.